The van der Waals surface area contributed by atoms with E-state index in [1.54, 1.807) is 59.2 Å². The van der Waals surface area contributed by atoms with Gasteiger partial charge in [-0.15, -0.1) is 11.3 Å². The predicted molar refractivity (Wildman–Crippen MR) is 252 cm³/mol. The topological polar surface area (TPSA) is 168 Å². The fraction of sp³-hybridized carbons (Fsp3) is 0.551. The summed E-state index contributed by atoms with van der Waals surface area (Å²) in [4.78, 5) is 67.3. The third-order valence-corrected chi connectivity index (χ3v) is 15.4. The molecule has 4 aliphatic rings. The molecule has 21 heteroatoms. The number of carbonyl (C=O) groups excluding carboxylic acids is 4. The zero-order chi connectivity index (χ0) is 49.3. The molecule has 0 bridgehead atoms. The summed E-state index contributed by atoms with van der Waals surface area (Å²) in [7, 11) is 1.60. The summed E-state index contributed by atoms with van der Waals surface area (Å²) in [5.41, 5.74) is 1.14. The quantitative estimate of drug-likeness (QED) is 0.114. The number of benzene rings is 1. The number of rotatable bonds is 15. The second-order valence-corrected chi connectivity index (χ2v) is 20.0. The molecule has 4 fully saturated rings. The summed E-state index contributed by atoms with van der Waals surface area (Å²) >= 11 is 1.62. The van der Waals surface area contributed by atoms with E-state index in [-0.39, 0.29) is 93.1 Å². The predicted octanol–water partition coefficient (Wildman–Crippen LogP) is 6.22. The van der Waals surface area contributed by atoms with Crippen LogP contribution in [0.2, 0.25) is 0 Å². The molecule has 9 rings (SSSR count). The Morgan fingerprint density at radius 3 is 2.49 bits per heavy atom. The number of fused-ring (bicyclic) bond motifs is 2. The van der Waals surface area contributed by atoms with E-state index in [0.29, 0.717) is 37.6 Å². The number of likely N-dealkylation sites (N-methyl/N-ethyl adjacent to an activating group) is 1. The smallest absolute Gasteiger partial charge is 0.270 e. The number of amides is 4. The van der Waals surface area contributed by atoms with Crippen molar-refractivity contribution in [3.63, 3.8) is 0 Å². The van der Waals surface area contributed by atoms with Gasteiger partial charge in [0.05, 0.1) is 34.4 Å². The maximum absolute atomic E-state index is 14.9. The molecule has 16 nitrogen and oxygen atoms in total. The van der Waals surface area contributed by atoms with Gasteiger partial charge in [-0.1, -0.05) is 0 Å². The molecule has 4 amide bonds. The van der Waals surface area contributed by atoms with Crippen LogP contribution in [-0.2, 0) is 27.5 Å². The van der Waals surface area contributed by atoms with E-state index in [0.717, 1.165) is 54.0 Å². The Hall–Kier alpha value is -5.80. The van der Waals surface area contributed by atoms with Crippen LogP contribution in [0.5, 0.6) is 11.6 Å². The highest BCUT2D eigenvalue weighted by atomic mass is 32.1. The van der Waals surface area contributed by atoms with Crippen molar-refractivity contribution in [2.45, 2.75) is 114 Å². The number of carbonyl (C=O) groups is 4. The normalized spacial score (nSPS) is 21.3. The van der Waals surface area contributed by atoms with Crippen molar-refractivity contribution in [3.8, 4) is 11.6 Å². The first-order chi connectivity index (χ1) is 33.6. The monoisotopic (exact) mass is 993 g/mol. The number of ether oxygens (including phenoxy) is 2. The highest BCUT2D eigenvalue weighted by molar-refractivity contribution is 7.17. The number of aromatic nitrogens is 3. The Morgan fingerprint density at radius 2 is 1.73 bits per heavy atom. The van der Waals surface area contributed by atoms with E-state index in [2.05, 4.69) is 25.7 Å². The van der Waals surface area contributed by atoms with E-state index >= 15 is 0 Å². The maximum Gasteiger partial charge on any atom is 0.270 e. The van der Waals surface area contributed by atoms with E-state index < -0.39 is 59.3 Å². The Bertz CT molecular complexity index is 2700. The average Bonchev–Trinajstić information content (AvgIpc) is 4.18. The summed E-state index contributed by atoms with van der Waals surface area (Å²) in [6.45, 7) is 6.01. The number of piperazine rings is 1. The number of thiophene rings is 1. The minimum absolute atomic E-state index is 0.0433. The maximum atomic E-state index is 14.9. The van der Waals surface area contributed by atoms with Gasteiger partial charge in [-0.3, -0.25) is 29.1 Å². The number of hydrogen-bond acceptors (Lipinski definition) is 12. The van der Waals surface area contributed by atoms with Crippen LogP contribution in [0, 0.1) is 17.6 Å². The van der Waals surface area contributed by atoms with Crippen molar-refractivity contribution in [2.75, 3.05) is 52.9 Å². The van der Waals surface area contributed by atoms with Crippen molar-refractivity contribution in [1.29, 1.82) is 0 Å². The number of likely N-dealkylation sites (tertiary alicyclic amines) is 2. The summed E-state index contributed by atoms with van der Waals surface area (Å²) in [5, 5.41) is 12.0. The Labute approximate surface area is 406 Å². The van der Waals surface area contributed by atoms with Gasteiger partial charge in [0.1, 0.15) is 36.7 Å². The molecule has 7 heterocycles. The number of hydrogen-bond donors (Lipinski definition) is 2. The lowest BCUT2D eigenvalue weighted by atomic mass is 9.81. The SMILES string of the molecule is CN[C@@H](C)C(=O)NC(C(=O)N1CCN(C(=O)c2cc3cc(F)c(F)cc3n2CC(=O)N2CCC[C@H]2COc2cc(CN3CCC(Oc4ccnc5ccsc45)CC3)on2)[C@@H](C)C1)C1CCC(F)(F)CC1. The second kappa shape index (κ2) is 20.9. The number of halogens is 4. The number of nitrogens with one attached hydrogen (secondary N) is 2. The summed E-state index contributed by atoms with van der Waals surface area (Å²) in [5.74, 6) is -5.45. The fourth-order valence-electron chi connectivity index (χ4n) is 10.3. The molecule has 0 spiro atoms. The fourth-order valence-corrected chi connectivity index (χ4v) is 11.1. The summed E-state index contributed by atoms with van der Waals surface area (Å²) in [6, 6.07) is 6.52. The van der Waals surface area contributed by atoms with Gasteiger partial charge in [-0.05, 0) is 100 Å². The lowest BCUT2D eigenvalue weighted by Gasteiger charge is -2.42. The molecule has 3 saturated heterocycles. The minimum Gasteiger partial charge on any atom is -0.489 e. The number of pyridine rings is 1. The van der Waals surface area contributed by atoms with Crippen LogP contribution in [0.3, 0.4) is 0 Å². The van der Waals surface area contributed by atoms with Crippen molar-refractivity contribution in [1.82, 2.24) is 44.9 Å². The number of nitrogens with zero attached hydrogens (tertiary/aromatic N) is 7. The molecule has 70 heavy (non-hydrogen) atoms. The lowest BCUT2D eigenvalue weighted by Crippen LogP contribution is -2.61. The van der Waals surface area contributed by atoms with Crippen molar-refractivity contribution in [3.05, 3.63) is 71.1 Å². The van der Waals surface area contributed by atoms with Crippen LogP contribution >= 0.6 is 11.3 Å². The van der Waals surface area contributed by atoms with Gasteiger partial charge in [-0.25, -0.2) is 17.6 Å². The highest BCUT2D eigenvalue weighted by Gasteiger charge is 2.43. The Kier molecular flexibility index (Phi) is 14.7. The van der Waals surface area contributed by atoms with Crippen molar-refractivity contribution >= 4 is 56.1 Å². The molecule has 2 N–H and O–H groups in total. The van der Waals surface area contributed by atoms with E-state index in [4.69, 9.17) is 14.0 Å². The number of alkyl halides is 2. The van der Waals surface area contributed by atoms with Crippen LogP contribution in [-0.4, -0.2) is 147 Å². The standard InChI is InChI=1S/C49H59F4N9O7S/c1-29-25-59(48(66)44(56-46(64)30(2)54-3)31-6-12-49(52,53)13-7-31)18-19-60(29)47(65)40-22-32-21-36(50)37(51)24-39(32)62(40)27-43(63)61-15-4-5-33(61)28-67-42-23-35(69-57-42)26-58-16-9-34(10-17-58)68-41-8-14-55-38-11-20-70-45(38)41/h8,11,14,20-24,29-31,33-34,44,54H,4-7,9-10,12-13,15-19,25-28H2,1-3H3,(H,56,64)/t29-,30-,33-,44?/m0/s1. The van der Waals surface area contributed by atoms with Gasteiger partial charge in [0, 0.05) is 81.9 Å². The molecule has 5 aromatic rings. The van der Waals surface area contributed by atoms with Crippen LogP contribution in [0.4, 0.5) is 17.6 Å². The first kappa shape index (κ1) is 49.2. The molecule has 1 saturated carbocycles. The van der Waals surface area contributed by atoms with E-state index in [9.17, 15) is 36.7 Å². The molecule has 0 radical (unpaired) electrons. The van der Waals surface area contributed by atoms with Crippen LogP contribution in [0.15, 0.2) is 52.5 Å². The van der Waals surface area contributed by atoms with Gasteiger partial charge < -0.3 is 43.9 Å². The molecule has 1 aromatic carbocycles. The molecular weight excluding hydrogens is 935 g/mol. The van der Waals surface area contributed by atoms with Crippen LogP contribution < -0.4 is 20.1 Å². The number of piperidine rings is 1. The zero-order valence-electron chi connectivity index (χ0n) is 39.5. The van der Waals surface area contributed by atoms with Gasteiger partial charge in [0.15, 0.2) is 17.4 Å². The first-order valence-electron chi connectivity index (χ1n) is 24.2. The molecular formula is C49H59F4N9O7S. The molecule has 3 aliphatic heterocycles. The lowest BCUT2D eigenvalue weighted by molar-refractivity contribution is -0.142. The third kappa shape index (κ3) is 10.8. The Balaban J connectivity index is 0.818. The van der Waals surface area contributed by atoms with Gasteiger partial charge in [0.2, 0.25) is 23.6 Å². The van der Waals surface area contributed by atoms with Crippen LogP contribution in [0.1, 0.15) is 81.5 Å². The molecule has 1 unspecified atom stereocenters. The summed E-state index contributed by atoms with van der Waals surface area (Å²) < 4.78 is 78.3. The third-order valence-electron chi connectivity index (χ3n) is 14.5. The molecule has 4 atom stereocenters. The highest BCUT2D eigenvalue weighted by Crippen LogP contribution is 2.38. The van der Waals surface area contributed by atoms with E-state index in [1.807, 2.05) is 17.5 Å². The first-order valence-corrected chi connectivity index (χ1v) is 25.0. The minimum atomic E-state index is -2.83. The van der Waals surface area contributed by atoms with Gasteiger partial charge >= 0.3 is 0 Å². The summed E-state index contributed by atoms with van der Waals surface area (Å²) in [6.07, 6.45) is 4.29. The molecule has 376 valence electrons. The second-order valence-electron chi connectivity index (χ2n) is 19.1. The Morgan fingerprint density at radius 1 is 0.957 bits per heavy atom. The molecule has 1 aliphatic carbocycles. The van der Waals surface area contributed by atoms with Crippen LogP contribution in [0.25, 0.3) is 21.1 Å². The largest absolute Gasteiger partial charge is 0.489 e. The van der Waals surface area contributed by atoms with Crippen molar-refractivity contribution < 1.29 is 50.7 Å². The van der Waals surface area contributed by atoms with Crippen molar-refractivity contribution in [2.24, 2.45) is 5.92 Å². The van der Waals surface area contributed by atoms with Gasteiger partial charge in [-0.2, -0.15) is 0 Å². The molecule has 4 aromatic heterocycles. The zero-order valence-corrected chi connectivity index (χ0v) is 40.3. The van der Waals surface area contributed by atoms with Gasteiger partial charge in [0.25, 0.3) is 11.8 Å². The average molecular weight is 994 g/mol. The van der Waals surface area contributed by atoms with E-state index in [1.165, 1.54) is 10.6 Å².